The molecule has 40 heavy (non-hydrogen) atoms. The summed E-state index contributed by atoms with van der Waals surface area (Å²) in [7, 11) is 0. The molecule has 3 fully saturated rings. The van der Waals surface area contributed by atoms with Crippen molar-refractivity contribution in [2.75, 3.05) is 6.61 Å². The van der Waals surface area contributed by atoms with Crippen molar-refractivity contribution in [3.8, 4) is 0 Å². The summed E-state index contributed by atoms with van der Waals surface area (Å²) in [6, 6.07) is 0. The zero-order valence-corrected chi connectivity index (χ0v) is 24.5. The minimum absolute atomic E-state index is 0.0940. The summed E-state index contributed by atoms with van der Waals surface area (Å²) < 4.78 is 25.5. The number of carbonyl (C=O) groups excluding carboxylic acids is 1. The molecule has 0 saturated carbocycles. The van der Waals surface area contributed by atoms with E-state index in [0.29, 0.717) is 29.9 Å². The molecule has 5 aliphatic rings. The molecule has 4 heterocycles. The third kappa shape index (κ3) is 5.48. The highest BCUT2D eigenvalue weighted by atomic mass is 16.7. The Morgan fingerprint density at radius 3 is 2.73 bits per heavy atom. The fourth-order valence-corrected chi connectivity index (χ4v) is 7.22. The largest absolute Gasteiger partial charge is 0.462 e. The number of hydrogen-bond acceptors (Lipinski definition) is 8. The Bertz CT molecular complexity index is 1140. The van der Waals surface area contributed by atoms with Crippen molar-refractivity contribution in [2.45, 2.75) is 115 Å². The van der Waals surface area contributed by atoms with Gasteiger partial charge in [0.1, 0.15) is 29.4 Å². The van der Waals surface area contributed by atoms with Gasteiger partial charge in [-0.1, -0.05) is 61.9 Å². The molecule has 1 aliphatic carbocycles. The van der Waals surface area contributed by atoms with Gasteiger partial charge in [-0.05, 0) is 62.5 Å². The number of carbonyl (C=O) groups is 1. The average molecular weight is 556 g/mol. The Labute approximate surface area is 237 Å². The molecule has 0 aromatic carbocycles. The molecular formula is C32H45NO7. The lowest BCUT2D eigenvalue weighted by molar-refractivity contribution is -0.335. The lowest BCUT2D eigenvalue weighted by atomic mass is 9.71. The van der Waals surface area contributed by atoms with Crippen molar-refractivity contribution in [3.63, 3.8) is 0 Å². The number of fused-ring (bicyclic) bond motifs is 2. The molecule has 8 nitrogen and oxygen atoms in total. The van der Waals surface area contributed by atoms with Crippen LogP contribution in [0.2, 0.25) is 0 Å². The van der Waals surface area contributed by atoms with Crippen LogP contribution in [0.1, 0.15) is 79.6 Å². The molecule has 8 heteroatoms. The van der Waals surface area contributed by atoms with Crippen LogP contribution in [-0.4, -0.2) is 64.4 Å². The molecule has 2 N–H and O–H groups in total. The number of allylic oxidation sites excluding steroid dienone is 4. The van der Waals surface area contributed by atoms with Crippen LogP contribution in [0.15, 0.2) is 52.3 Å². The predicted octanol–water partition coefficient (Wildman–Crippen LogP) is 5.39. The minimum Gasteiger partial charge on any atom is -0.462 e. The number of esters is 1. The van der Waals surface area contributed by atoms with E-state index in [1.54, 1.807) is 13.0 Å². The van der Waals surface area contributed by atoms with E-state index in [4.69, 9.17) is 18.9 Å². The second-order valence-electron chi connectivity index (χ2n) is 12.6. The van der Waals surface area contributed by atoms with Crippen LogP contribution in [0.25, 0.3) is 0 Å². The Kier molecular flexibility index (Phi) is 8.44. The molecule has 1 spiro atoms. The molecule has 4 aliphatic heterocycles. The number of rotatable bonds is 1. The monoisotopic (exact) mass is 555 g/mol. The van der Waals surface area contributed by atoms with Gasteiger partial charge < -0.3 is 29.3 Å². The van der Waals surface area contributed by atoms with Crippen LogP contribution < -0.4 is 0 Å². The standard InChI is InChI=1S/C32H45NO7/c1-6-27-21(4)12-13-31(40-27)17-25-16-24(39-31)11-10-20(3)14-19(2)8-7-9-23-18-37-29-28(33-36)22(5)15-26(30(34)38-25)32(23,29)35/h7-10,15,19,21,24-27,29,35-36H,6,11-14,16-18H2,1-5H3/t19-,21+,24-,25-,26-,27+,29-,31-,32-/m1/s1. The number of aliphatic hydroxyl groups is 1. The van der Waals surface area contributed by atoms with E-state index in [0.717, 1.165) is 32.1 Å². The second kappa shape index (κ2) is 11.6. The van der Waals surface area contributed by atoms with Gasteiger partial charge in [0, 0.05) is 19.3 Å². The summed E-state index contributed by atoms with van der Waals surface area (Å²) in [6.07, 6.45) is 13.6. The highest BCUT2D eigenvalue weighted by Gasteiger charge is 2.59. The first-order chi connectivity index (χ1) is 19.1. The summed E-state index contributed by atoms with van der Waals surface area (Å²) in [6.45, 7) is 10.5. The van der Waals surface area contributed by atoms with Crippen LogP contribution in [0.5, 0.6) is 0 Å². The highest BCUT2D eigenvalue weighted by molar-refractivity contribution is 6.06. The second-order valence-corrected chi connectivity index (χ2v) is 12.6. The molecule has 0 amide bonds. The highest BCUT2D eigenvalue weighted by Crippen LogP contribution is 2.46. The van der Waals surface area contributed by atoms with Crippen molar-refractivity contribution in [1.82, 2.24) is 0 Å². The van der Waals surface area contributed by atoms with Gasteiger partial charge in [0.05, 0.1) is 18.8 Å². The number of nitrogens with zero attached hydrogens (tertiary/aromatic N) is 1. The van der Waals surface area contributed by atoms with E-state index in [2.05, 4.69) is 45.0 Å². The van der Waals surface area contributed by atoms with Gasteiger partial charge in [-0.3, -0.25) is 4.79 Å². The Morgan fingerprint density at radius 2 is 1.98 bits per heavy atom. The molecule has 220 valence electrons. The first-order valence-corrected chi connectivity index (χ1v) is 14.9. The molecule has 0 radical (unpaired) electrons. The van der Waals surface area contributed by atoms with E-state index >= 15 is 0 Å². The molecule has 0 aromatic heterocycles. The van der Waals surface area contributed by atoms with Crippen molar-refractivity contribution < 1.29 is 34.1 Å². The lowest BCUT2D eigenvalue weighted by Crippen LogP contribution is -2.57. The molecule has 0 aromatic rings. The first-order valence-electron chi connectivity index (χ1n) is 14.9. The molecule has 3 saturated heterocycles. The van der Waals surface area contributed by atoms with Crippen molar-refractivity contribution >= 4 is 11.7 Å². The SMILES string of the molecule is CC[C@@H]1O[C@]2(CC[C@@H]1C)C[C@H]1C[C@@H](CC=C(C)C[C@H](C)C=CC=C3CO[C@@H]4C(=NO)C(C)=C[C@H](C(=O)O1)[C@]34O)O2. The zero-order chi connectivity index (χ0) is 28.7. The van der Waals surface area contributed by atoms with Crippen molar-refractivity contribution in [3.05, 3.63) is 47.1 Å². The van der Waals surface area contributed by atoms with Crippen molar-refractivity contribution in [2.24, 2.45) is 22.9 Å². The van der Waals surface area contributed by atoms with Crippen LogP contribution in [0.4, 0.5) is 0 Å². The maximum atomic E-state index is 13.9. The van der Waals surface area contributed by atoms with E-state index in [1.807, 2.05) is 12.2 Å². The Morgan fingerprint density at radius 1 is 1.18 bits per heavy atom. The third-order valence-corrected chi connectivity index (χ3v) is 9.45. The third-order valence-electron chi connectivity index (χ3n) is 9.45. The smallest absolute Gasteiger partial charge is 0.316 e. The summed E-state index contributed by atoms with van der Waals surface area (Å²) in [4.78, 5) is 13.9. The average Bonchev–Trinajstić information content (AvgIpc) is 3.24. The van der Waals surface area contributed by atoms with Crippen LogP contribution >= 0.6 is 0 Å². The maximum Gasteiger partial charge on any atom is 0.316 e. The summed E-state index contributed by atoms with van der Waals surface area (Å²) in [5, 5.41) is 25.3. The number of ether oxygens (including phenoxy) is 4. The van der Waals surface area contributed by atoms with Gasteiger partial charge in [-0.25, -0.2) is 0 Å². The molecule has 2 bridgehead atoms. The summed E-state index contributed by atoms with van der Waals surface area (Å²) in [5.74, 6) is -1.60. The van der Waals surface area contributed by atoms with Crippen LogP contribution in [0, 0.1) is 17.8 Å². The van der Waals surface area contributed by atoms with Crippen LogP contribution in [0.3, 0.4) is 0 Å². The molecule has 0 unspecified atom stereocenters. The summed E-state index contributed by atoms with van der Waals surface area (Å²) >= 11 is 0. The van der Waals surface area contributed by atoms with Gasteiger partial charge in [-0.2, -0.15) is 0 Å². The number of hydrogen-bond donors (Lipinski definition) is 2. The van der Waals surface area contributed by atoms with Gasteiger partial charge in [0.2, 0.25) is 0 Å². The lowest BCUT2D eigenvalue weighted by Gasteiger charge is -2.49. The maximum absolute atomic E-state index is 13.9. The minimum atomic E-state index is -1.72. The van der Waals surface area contributed by atoms with Gasteiger partial charge in [0.15, 0.2) is 5.79 Å². The quantitative estimate of drug-likeness (QED) is 0.193. The van der Waals surface area contributed by atoms with E-state index in [1.165, 1.54) is 5.57 Å². The normalized spacial score (nSPS) is 43.5. The van der Waals surface area contributed by atoms with Gasteiger partial charge in [0.25, 0.3) is 0 Å². The van der Waals surface area contributed by atoms with Gasteiger partial charge in [-0.15, -0.1) is 0 Å². The van der Waals surface area contributed by atoms with Gasteiger partial charge >= 0.3 is 5.97 Å². The molecule has 9 atom stereocenters. The Balaban J connectivity index is 1.53. The Hall–Kier alpha value is -2.26. The first kappa shape index (κ1) is 29.2. The number of oxime groups is 1. The fourth-order valence-electron chi connectivity index (χ4n) is 7.22. The van der Waals surface area contributed by atoms with Crippen molar-refractivity contribution in [1.29, 1.82) is 0 Å². The predicted molar refractivity (Wildman–Crippen MR) is 151 cm³/mol. The van der Waals surface area contributed by atoms with E-state index < -0.39 is 35.5 Å². The molecular weight excluding hydrogens is 510 g/mol. The van der Waals surface area contributed by atoms with Crippen LogP contribution in [-0.2, 0) is 23.7 Å². The zero-order valence-electron chi connectivity index (χ0n) is 24.5. The van der Waals surface area contributed by atoms with E-state index in [-0.39, 0.29) is 30.4 Å². The molecule has 5 rings (SSSR count). The summed E-state index contributed by atoms with van der Waals surface area (Å²) in [5.41, 5.74) is 0.922. The van der Waals surface area contributed by atoms with E-state index in [9.17, 15) is 15.1 Å². The fraction of sp³-hybridized carbons (Fsp3) is 0.688. The topological polar surface area (TPSA) is 107 Å².